The average Bonchev–Trinajstić information content (AvgIpc) is 3.17. The maximum absolute atomic E-state index is 13.0. The molecule has 0 unspecified atom stereocenters. The van der Waals surface area contributed by atoms with E-state index in [-0.39, 0.29) is 5.82 Å². The maximum Gasteiger partial charge on any atom is 0.234 e. The van der Waals surface area contributed by atoms with Crippen molar-refractivity contribution in [2.75, 3.05) is 7.11 Å². The van der Waals surface area contributed by atoms with Crippen LogP contribution in [0.2, 0.25) is 0 Å². The number of ether oxygens (including phenoxy) is 1. The summed E-state index contributed by atoms with van der Waals surface area (Å²) in [6.45, 7) is 0. The number of rotatable bonds is 4. The molecule has 0 aliphatic heterocycles. The van der Waals surface area contributed by atoms with Crippen molar-refractivity contribution in [1.29, 1.82) is 0 Å². The molecular formula is C17H13FN4OS. The standard InChI is InChI=1S/C17H13FN4OS/c1-23-14-8-4-12(5-9-14)16-19-20-17-22(16)21-15(24-17)10-11-2-6-13(18)7-3-11/h2-9H,10H2,1H3. The molecular weight excluding hydrogens is 327 g/mol. The van der Waals surface area contributed by atoms with Crippen molar-refractivity contribution < 1.29 is 9.13 Å². The summed E-state index contributed by atoms with van der Waals surface area (Å²) >= 11 is 1.48. The zero-order chi connectivity index (χ0) is 16.5. The number of nitrogens with zero attached hydrogens (tertiary/aromatic N) is 4. The molecule has 0 radical (unpaired) electrons. The Kier molecular flexibility index (Phi) is 3.70. The van der Waals surface area contributed by atoms with Gasteiger partial charge in [0.15, 0.2) is 5.82 Å². The van der Waals surface area contributed by atoms with Gasteiger partial charge in [-0.25, -0.2) is 4.39 Å². The topological polar surface area (TPSA) is 52.3 Å². The number of benzene rings is 2. The lowest BCUT2D eigenvalue weighted by atomic mass is 10.2. The highest BCUT2D eigenvalue weighted by Gasteiger charge is 2.13. The largest absolute Gasteiger partial charge is 0.497 e. The summed E-state index contributed by atoms with van der Waals surface area (Å²) in [6.07, 6.45) is 0.635. The zero-order valence-electron chi connectivity index (χ0n) is 12.8. The third-order valence-corrected chi connectivity index (χ3v) is 4.55. The minimum absolute atomic E-state index is 0.237. The minimum Gasteiger partial charge on any atom is -0.497 e. The van der Waals surface area contributed by atoms with Crippen LogP contribution in [0.25, 0.3) is 16.3 Å². The predicted molar refractivity (Wildman–Crippen MR) is 89.9 cm³/mol. The summed E-state index contributed by atoms with van der Waals surface area (Å²) in [7, 11) is 1.63. The van der Waals surface area contributed by atoms with Crippen molar-refractivity contribution in [3.63, 3.8) is 0 Å². The summed E-state index contributed by atoms with van der Waals surface area (Å²) in [4.78, 5) is 0.734. The van der Waals surface area contributed by atoms with E-state index in [4.69, 9.17) is 4.74 Å². The Morgan fingerprint density at radius 3 is 2.50 bits per heavy atom. The van der Waals surface area contributed by atoms with Gasteiger partial charge in [0, 0.05) is 12.0 Å². The first-order chi connectivity index (χ1) is 11.7. The Morgan fingerprint density at radius 2 is 1.79 bits per heavy atom. The molecule has 0 atom stereocenters. The number of hydrogen-bond donors (Lipinski definition) is 0. The first kappa shape index (κ1) is 14.8. The van der Waals surface area contributed by atoms with Gasteiger partial charge in [0.05, 0.1) is 7.11 Å². The highest BCUT2D eigenvalue weighted by atomic mass is 32.1. The van der Waals surface area contributed by atoms with E-state index in [0.717, 1.165) is 26.8 Å². The van der Waals surface area contributed by atoms with Crippen LogP contribution in [0.1, 0.15) is 10.6 Å². The summed E-state index contributed by atoms with van der Waals surface area (Å²) in [6, 6.07) is 14.0. The van der Waals surface area contributed by atoms with Crippen LogP contribution in [0.4, 0.5) is 4.39 Å². The van der Waals surface area contributed by atoms with Crippen LogP contribution >= 0.6 is 11.3 Å². The van der Waals surface area contributed by atoms with Gasteiger partial charge in [-0.15, -0.1) is 10.2 Å². The molecule has 0 aliphatic rings. The van der Waals surface area contributed by atoms with Crippen molar-refractivity contribution in [2.45, 2.75) is 6.42 Å². The normalized spacial score (nSPS) is 11.1. The van der Waals surface area contributed by atoms with Crippen LogP contribution in [0.3, 0.4) is 0 Å². The van der Waals surface area contributed by atoms with Crippen LogP contribution in [0.15, 0.2) is 48.5 Å². The van der Waals surface area contributed by atoms with Gasteiger partial charge < -0.3 is 4.74 Å². The smallest absolute Gasteiger partial charge is 0.234 e. The Balaban J connectivity index is 1.66. The fraction of sp³-hybridized carbons (Fsp3) is 0.118. The second kappa shape index (κ2) is 6.01. The van der Waals surface area contributed by atoms with Crippen LogP contribution in [-0.4, -0.2) is 26.9 Å². The molecule has 2 aromatic heterocycles. The van der Waals surface area contributed by atoms with Gasteiger partial charge in [-0.05, 0) is 42.0 Å². The van der Waals surface area contributed by atoms with Crippen LogP contribution < -0.4 is 4.74 Å². The third kappa shape index (κ3) is 2.74. The predicted octanol–water partition coefficient (Wildman–Crippen LogP) is 3.59. The van der Waals surface area contributed by atoms with E-state index in [1.165, 1.54) is 23.5 Å². The SMILES string of the molecule is COc1ccc(-c2nnc3sc(Cc4ccc(F)cc4)nn23)cc1. The Labute approximate surface area is 141 Å². The first-order valence-electron chi connectivity index (χ1n) is 7.33. The number of aromatic nitrogens is 4. The van der Waals surface area contributed by atoms with Gasteiger partial charge in [-0.1, -0.05) is 23.5 Å². The molecule has 4 aromatic rings. The van der Waals surface area contributed by atoms with Crippen molar-refractivity contribution in [3.8, 4) is 17.1 Å². The molecule has 120 valence electrons. The van der Waals surface area contributed by atoms with Gasteiger partial charge in [-0.2, -0.15) is 9.61 Å². The van der Waals surface area contributed by atoms with E-state index >= 15 is 0 Å². The van der Waals surface area contributed by atoms with E-state index in [9.17, 15) is 4.39 Å². The Bertz CT molecular complexity index is 976. The van der Waals surface area contributed by atoms with Gasteiger partial charge in [0.25, 0.3) is 0 Å². The van der Waals surface area contributed by atoms with Gasteiger partial charge in [0.2, 0.25) is 4.96 Å². The molecule has 2 heterocycles. The Morgan fingerprint density at radius 1 is 1.04 bits per heavy atom. The summed E-state index contributed by atoms with van der Waals surface area (Å²) in [5.74, 6) is 1.24. The number of halogens is 1. The highest BCUT2D eigenvalue weighted by molar-refractivity contribution is 7.16. The van der Waals surface area contributed by atoms with Gasteiger partial charge in [0.1, 0.15) is 16.6 Å². The Hall–Kier alpha value is -2.80. The van der Waals surface area contributed by atoms with Gasteiger partial charge in [-0.3, -0.25) is 0 Å². The molecule has 4 rings (SSSR count). The number of hydrogen-bond acceptors (Lipinski definition) is 5. The second-order valence-electron chi connectivity index (χ2n) is 5.25. The van der Waals surface area contributed by atoms with Crippen LogP contribution in [-0.2, 0) is 6.42 Å². The lowest BCUT2D eigenvalue weighted by Crippen LogP contribution is -1.94. The van der Waals surface area contributed by atoms with E-state index in [2.05, 4.69) is 15.3 Å². The summed E-state index contributed by atoms with van der Waals surface area (Å²) < 4.78 is 19.9. The quantitative estimate of drug-likeness (QED) is 0.570. The van der Waals surface area contributed by atoms with E-state index in [0.29, 0.717) is 12.2 Å². The molecule has 5 nitrogen and oxygen atoms in total. The second-order valence-corrected chi connectivity index (χ2v) is 6.29. The first-order valence-corrected chi connectivity index (χ1v) is 8.14. The summed E-state index contributed by atoms with van der Waals surface area (Å²) in [5.41, 5.74) is 1.93. The molecule has 0 bridgehead atoms. The third-order valence-electron chi connectivity index (χ3n) is 3.65. The molecule has 0 saturated heterocycles. The highest BCUT2D eigenvalue weighted by Crippen LogP contribution is 2.24. The number of fused-ring (bicyclic) bond motifs is 1. The van der Waals surface area contributed by atoms with Crippen LogP contribution in [0, 0.1) is 5.82 Å². The van der Waals surface area contributed by atoms with Gasteiger partial charge >= 0.3 is 0 Å². The van der Waals surface area contributed by atoms with Crippen molar-refractivity contribution in [2.24, 2.45) is 0 Å². The lowest BCUT2D eigenvalue weighted by Gasteiger charge is -2.00. The van der Waals surface area contributed by atoms with E-state index in [1.807, 2.05) is 24.3 Å². The maximum atomic E-state index is 13.0. The molecule has 0 aliphatic carbocycles. The van der Waals surface area contributed by atoms with Crippen molar-refractivity contribution >= 4 is 16.3 Å². The summed E-state index contributed by atoms with van der Waals surface area (Å²) in [5, 5.41) is 13.9. The molecule has 0 amide bonds. The number of methoxy groups -OCH3 is 1. The minimum atomic E-state index is -0.237. The molecule has 0 N–H and O–H groups in total. The van der Waals surface area contributed by atoms with Crippen LogP contribution in [0.5, 0.6) is 5.75 Å². The lowest BCUT2D eigenvalue weighted by molar-refractivity contribution is 0.415. The van der Waals surface area contributed by atoms with E-state index in [1.54, 1.807) is 23.8 Å². The van der Waals surface area contributed by atoms with Crippen molar-refractivity contribution in [3.05, 3.63) is 64.9 Å². The zero-order valence-corrected chi connectivity index (χ0v) is 13.6. The fourth-order valence-electron chi connectivity index (χ4n) is 2.42. The molecule has 24 heavy (non-hydrogen) atoms. The molecule has 0 saturated carbocycles. The van der Waals surface area contributed by atoms with Crippen molar-refractivity contribution in [1.82, 2.24) is 19.8 Å². The van der Waals surface area contributed by atoms with E-state index < -0.39 is 0 Å². The average molecular weight is 340 g/mol. The molecule has 0 spiro atoms. The molecule has 0 fully saturated rings. The fourth-order valence-corrected chi connectivity index (χ4v) is 3.29. The molecule has 2 aromatic carbocycles. The monoisotopic (exact) mass is 340 g/mol. The molecule has 7 heteroatoms.